The third kappa shape index (κ3) is 9.33. The molecule has 0 bridgehead atoms. The molecular weight excluding hydrogens is 214 g/mol. The summed E-state index contributed by atoms with van der Waals surface area (Å²) in [5, 5.41) is 9.49. The zero-order valence-corrected chi connectivity index (χ0v) is 10.8. The van der Waals surface area contributed by atoms with Crippen LogP contribution >= 0.6 is 0 Å². The van der Waals surface area contributed by atoms with Gasteiger partial charge < -0.3 is 14.8 Å². The van der Waals surface area contributed by atoms with Gasteiger partial charge in [-0.15, -0.1) is 0 Å². The molecule has 0 spiro atoms. The van der Waals surface area contributed by atoms with Gasteiger partial charge in [0, 0.05) is 6.54 Å². The summed E-state index contributed by atoms with van der Waals surface area (Å²) in [4.78, 5) is 11.7. The average molecular weight is 234 g/mol. The molecule has 0 aliphatic rings. The number of benzene rings is 1. The fraction of sp³-hybridized carbons (Fsp3) is 0.357. The SMILES string of the molecule is C=C(C)C(=O)[O-].CN(C)CCc1ccccc1. The van der Waals surface area contributed by atoms with Crippen molar-refractivity contribution in [2.75, 3.05) is 20.6 Å². The molecule has 0 atom stereocenters. The number of nitrogens with zero attached hydrogens (tertiary/aromatic N) is 1. The van der Waals surface area contributed by atoms with Crippen molar-refractivity contribution in [3.05, 3.63) is 48.0 Å². The van der Waals surface area contributed by atoms with Crippen molar-refractivity contribution in [2.45, 2.75) is 13.3 Å². The summed E-state index contributed by atoms with van der Waals surface area (Å²) in [5.74, 6) is -1.19. The van der Waals surface area contributed by atoms with E-state index in [-0.39, 0.29) is 5.57 Å². The molecule has 0 amide bonds. The number of carboxylic acid groups (broad SMARTS) is 1. The zero-order valence-electron chi connectivity index (χ0n) is 10.8. The second kappa shape index (κ2) is 8.53. The van der Waals surface area contributed by atoms with Gasteiger partial charge >= 0.3 is 0 Å². The van der Waals surface area contributed by atoms with Crippen LogP contribution in [0.1, 0.15) is 12.5 Å². The van der Waals surface area contributed by atoms with E-state index in [1.54, 1.807) is 0 Å². The van der Waals surface area contributed by atoms with Gasteiger partial charge in [-0.25, -0.2) is 0 Å². The van der Waals surface area contributed by atoms with Crippen molar-refractivity contribution < 1.29 is 9.90 Å². The van der Waals surface area contributed by atoms with E-state index >= 15 is 0 Å². The Morgan fingerprint density at radius 2 is 1.76 bits per heavy atom. The highest BCUT2D eigenvalue weighted by Gasteiger charge is 1.91. The van der Waals surface area contributed by atoms with E-state index in [1.165, 1.54) is 12.5 Å². The second-order valence-electron chi connectivity index (χ2n) is 4.11. The van der Waals surface area contributed by atoms with E-state index in [0.29, 0.717) is 0 Å². The van der Waals surface area contributed by atoms with Gasteiger partial charge in [-0.2, -0.15) is 0 Å². The molecule has 3 nitrogen and oxygen atoms in total. The smallest absolute Gasteiger partial charge is 0.0666 e. The van der Waals surface area contributed by atoms with Crippen molar-refractivity contribution >= 4 is 5.97 Å². The molecule has 0 radical (unpaired) electrons. The lowest BCUT2D eigenvalue weighted by atomic mass is 10.1. The third-order valence-electron chi connectivity index (χ3n) is 2.04. The van der Waals surface area contributed by atoms with Gasteiger partial charge in [0.25, 0.3) is 0 Å². The van der Waals surface area contributed by atoms with Crippen molar-refractivity contribution in [3.63, 3.8) is 0 Å². The lowest BCUT2D eigenvalue weighted by Gasteiger charge is -2.08. The van der Waals surface area contributed by atoms with Crippen LogP contribution in [0.25, 0.3) is 0 Å². The van der Waals surface area contributed by atoms with Crippen LogP contribution in [-0.4, -0.2) is 31.5 Å². The number of aliphatic carboxylic acids is 1. The molecule has 0 aromatic heterocycles. The predicted molar refractivity (Wildman–Crippen MR) is 68.5 cm³/mol. The highest BCUT2D eigenvalue weighted by atomic mass is 16.4. The largest absolute Gasteiger partial charge is 0.545 e. The van der Waals surface area contributed by atoms with Gasteiger partial charge in [0.05, 0.1) is 5.97 Å². The molecule has 1 aromatic carbocycles. The summed E-state index contributed by atoms with van der Waals surface area (Å²) in [7, 11) is 4.20. The summed E-state index contributed by atoms with van der Waals surface area (Å²) in [6.07, 6.45) is 1.15. The first kappa shape index (κ1) is 15.4. The standard InChI is InChI=1S/C10H15N.C4H6O2/c1-11(2)9-8-10-6-4-3-5-7-10;1-3(2)4(5)6/h3-7H,8-9H2,1-2H3;1H2,2H3,(H,5,6)/p-1. The minimum atomic E-state index is -1.19. The van der Waals surface area contributed by atoms with Crippen molar-refractivity contribution in [3.8, 4) is 0 Å². The fourth-order valence-corrected chi connectivity index (χ4v) is 0.997. The number of hydrogen-bond acceptors (Lipinski definition) is 3. The first-order chi connectivity index (χ1) is 7.93. The minimum absolute atomic E-state index is 0.0648. The van der Waals surface area contributed by atoms with Crippen LogP contribution in [0.15, 0.2) is 42.5 Å². The Bertz CT molecular complexity index is 332. The Morgan fingerprint density at radius 1 is 1.29 bits per heavy atom. The van der Waals surface area contributed by atoms with Gasteiger partial charge in [-0.1, -0.05) is 36.9 Å². The summed E-state index contributed by atoms with van der Waals surface area (Å²) >= 11 is 0. The number of rotatable bonds is 4. The van der Waals surface area contributed by atoms with Gasteiger partial charge in [-0.05, 0) is 38.6 Å². The summed E-state index contributed by atoms with van der Waals surface area (Å²) in [6, 6.07) is 10.6. The molecule has 1 aromatic rings. The molecule has 0 unspecified atom stereocenters. The normalized spacial score (nSPS) is 9.41. The van der Waals surface area contributed by atoms with E-state index in [2.05, 4.69) is 55.9 Å². The number of carbonyl (C=O) groups excluding carboxylic acids is 1. The second-order valence-corrected chi connectivity index (χ2v) is 4.11. The summed E-state index contributed by atoms with van der Waals surface area (Å²) < 4.78 is 0. The molecule has 3 heteroatoms. The van der Waals surface area contributed by atoms with E-state index in [4.69, 9.17) is 0 Å². The van der Waals surface area contributed by atoms with Crippen LogP contribution in [0.3, 0.4) is 0 Å². The van der Waals surface area contributed by atoms with E-state index in [9.17, 15) is 9.90 Å². The first-order valence-electron chi connectivity index (χ1n) is 5.49. The molecule has 0 saturated carbocycles. The highest BCUT2D eigenvalue weighted by molar-refractivity contribution is 5.82. The molecule has 0 N–H and O–H groups in total. The van der Waals surface area contributed by atoms with Gasteiger partial charge in [0.15, 0.2) is 0 Å². The monoisotopic (exact) mass is 234 g/mol. The third-order valence-corrected chi connectivity index (χ3v) is 2.04. The van der Waals surface area contributed by atoms with Crippen LogP contribution in [0.5, 0.6) is 0 Å². The lowest BCUT2D eigenvalue weighted by molar-refractivity contribution is -0.299. The lowest BCUT2D eigenvalue weighted by Crippen LogP contribution is -2.22. The van der Waals surface area contributed by atoms with E-state index < -0.39 is 5.97 Å². The quantitative estimate of drug-likeness (QED) is 0.733. The predicted octanol–water partition coefficient (Wildman–Crippen LogP) is 1.10. The number of carbonyl (C=O) groups is 1. The zero-order chi connectivity index (χ0) is 13.3. The van der Waals surface area contributed by atoms with Crippen LogP contribution in [0.2, 0.25) is 0 Å². The fourth-order valence-electron chi connectivity index (χ4n) is 0.997. The molecule has 0 saturated heterocycles. The van der Waals surface area contributed by atoms with Crippen LogP contribution in [0.4, 0.5) is 0 Å². The van der Waals surface area contributed by atoms with E-state index in [0.717, 1.165) is 13.0 Å². The minimum Gasteiger partial charge on any atom is -0.545 e. The van der Waals surface area contributed by atoms with Crippen LogP contribution < -0.4 is 5.11 Å². The molecule has 0 heterocycles. The topological polar surface area (TPSA) is 43.4 Å². The average Bonchev–Trinajstić information content (AvgIpc) is 2.28. The molecule has 94 valence electrons. The van der Waals surface area contributed by atoms with Gasteiger partial charge in [0.1, 0.15) is 0 Å². The van der Waals surface area contributed by atoms with Crippen molar-refractivity contribution in [1.82, 2.24) is 4.90 Å². The molecule has 17 heavy (non-hydrogen) atoms. The Morgan fingerprint density at radius 3 is 2.12 bits per heavy atom. The van der Waals surface area contributed by atoms with Gasteiger partial charge in [0.2, 0.25) is 0 Å². The molecule has 0 fully saturated rings. The summed E-state index contributed by atoms with van der Waals surface area (Å²) in [6.45, 7) is 5.61. The molecular formula is C14H20NO2-. The van der Waals surface area contributed by atoms with Crippen molar-refractivity contribution in [2.24, 2.45) is 0 Å². The number of carboxylic acids is 1. The summed E-state index contributed by atoms with van der Waals surface area (Å²) in [5.41, 5.74) is 1.48. The Labute approximate surface area is 103 Å². The highest BCUT2D eigenvalue weighted by Crippen LogP contribution is 1.99. The first-order valence-corrected chi connectivity index (χ1v) is 5.49. The maximum absolute atomic E-state index is 9.49. The maximum atomic E-state index is 9.49. The van der Waals surface area contributed by atoms with Gasteiger partial charge in [-0.3, -0.25) is 0 Å². The molecule has 0 aliphatic heterocycles. The Balaban J connectivity index is 0.000000366. The van der Waals surface area contributed by atoms with Crippen LogP contribution in [-0.2, 0) is 11.2 Å². The molecule has 0 aliphatic carbocycles. The van der Waals surface area contributed by atoms with E-state index in [1.807, 2.05) is 0 Å². The molecule has 1 rings (SSSR count). The van der Waals surface area contributed by atoms with Crippen molar-refractivity contribution in [1.29, 1.82) is 0 Å². The van der Waals surface area contributed by atoms with Crippen LogP contribution in [0, 0.1) is 0 Å². The Hall–Kier alpha value is -1.61. The number of likely N-dealkylation sites (N-methyl/N-ethyl adjacent to an activating group) is 1. The number of hydrogen-bond donors (Lipinski definition) is 0. The maximum Gasteiger partial charge on any atom is 0.0666 e. The Kier molecular flexibility index (Phi) is 7.72.